The van der Waals surface area contributed by atoms with Gasteiger partial charge in [0.1, 0.15) is 36.4 Å². The van der Waals surface area contributed by atoms with Gasteiger partial charge in [-0.2, -0.15) is 10.0 Å². The highest BCUT2D eigenvalue weighted by atomic mass is 35.5. The Labute approximate surface area is 234 Å². The lowest BCUT2D eigenvalue weighted by molar-refractivity contribution is -0.119. The fourth-order valence-electron chi connectivity index (χ4n) is 2.44. The van der Waals surface area contributed by atoms with E-state index in [-0.39, 0.29) is 44.3 Å². The van der Waals surface area contributed by atoms with Gasteiger partial charge >= 0.3 is 19.7 Å². The summed E-state index contributed by atoms with van der Waals surface area (Å²) < 4.78 is 22.4. The van der Waals surface area contributed by atoms with E-state index < -0.39 is 56.4 Å². The molecule has 0 fully saturated rings. The molecule has 18 nitrogen and oxygen atoms in total. The first-order chi connectivity index (χ1) is 18.4. The van der Waals surface area contributed by atoms with Crippen LogP contribution in [-0.2, 0) is 18.4 Å². The number of nitrogens with zero attached hydrogens (tertiary/aromatic N) is 4. The van der Waals surface area contributed by atoms with E-state index in [0.717, 1.165) is 0 Å². The maximum Gasteiger partial charge on any atom is 0.352 e. The van der Waals surface area contributed by atoms with Crippen molar-refractivity contribution < 1.29 is 48.4 Å². The van der Waals surface area contributed by atoms with E-state index >= 15 is 0 Å². The lowest BCUT2D eigenvalue weighted by atomic mass is 10.0. The molecule has 0 aromatic heterocycles. The molecular formula is C18H35Cl2N6O12P. The van der Waals surface area contributed by atoms with Crippen molar-refractivity contribution in [2.45, 2.75) is 50.9 Å². The van der Waals surface area contributed by atoms with Gasteiger partial charge in [0.15, 0.2) is 0 Å². The number of alkyl halides is 2. The summed E-state index contributed by atoms with van der Waals surface area (Å²) in [6, 6.07) is -3.52. The Hall–Kier alpha value is -2.02. The Balaban J connectivity index is 0. The molecule has 6 N–H and O–H groups in total. The van der Waals surface area contributed by atoms with Crippen LogP contribution in [0.5, 0.6) is 0 Å². The van der Waals surface area contributed by atoms with E-state index in [9.17, 15) is 39.0 Å². The Morgan fingerprint density at radius 1 is 0.949 bits per heavy atom. The maximum atomic E-state index is 12.3. The number of halogens is 2. The highest BCUT2D eigenvalue weighted by Crippen LogP contribution is 2.51. The van der Waals surface area contributed by atoms with Crippen LogP contribution in [-0.4, -0.2) is 124 Å². The molecule has 1 unspecified atom stereocenters. The van der Waals surface area contributed by atoms with Crippen molar-refractivity contribution in [1.82, 2.24) is 20.7 Å². The molecule has 0 saturated heterocycles. The number of amides is 4. The average Bonchev–Trinajstić information content (AvgIpc) is 2.92. The van der Waals surface area contributed by atoms with Crippen LogP contribution in [0.25, 0.3) is 0 Å². The number of hydrogen-bond donors (Lipinski definition) is 6. The second-order valence-electron chi connectivity index (χ2n) is 7.13. The van der Waals surface area contributed by atoms with Crippen LogP contribution in [0.2, 0.25) is 0 Å². The van der Waals surface area contributed by atoms with Gasteiger partial charge in [0, 0.05) is 11.8 Å². The summed E-state index contributed by atoms with van der Waals surface area (Å²) in [7, 11) is -3.47. The van der Waals surface area contributed by atoms with Crippen LogP contribution >= 0.6 is 30.8 Å². The summed E-state index contributed by atoms with van der Waals surface area (Å²) in [5, 5.41) is 46.9. The molecule has 0 radical (unpaired) electrons. The van der Waals surface area contributed by atoms with Gasteiger partial charge < -0.3 is 44.9 Å². The molecule has 0 aliphatic heterocycles. The number of urea groups is 2. The zero-order valence-electron chi connectivity index (χ0n) is 21.5. The van der Waals surface area contributed by atoms with Crippen molar-refractivity contribution in [3.05, 3.63) is 9.81 Å². The molecule has 5 atom stereocenters. The summed E-state index contributed by atoms with van der Waals surface area (Å²) in [4.78, 5) is 54.7. The lowest BCUT2D eigenvalue weighted by Gasteiger charge is -2.26. The fraction of sp³-hybridized carbons (Fsp3) is 0.833. The second-order valence-corrected chi connectivity index (χ2v) is 10.3. The number of hydrogen-bond acceptors (Lipinski definition) is 14. The third kappa shape index (κ3) is 14.3. The number of aliphatic hydroxyl groups is 4. The molecule has 0 aliphatic carbocycles. The average molecular weight is 629 g/mol. The molecule has 0 aromatic carbocycles. The first-order valence-electron chi connectivity index (χ1n) is 11.3. The molecule has 21 heteroatoms. The Morgan fingerprint density at radius 2 is 1.38 bits per heavy atom. The fourth-order valence-corrected chi connectivity index (χ4v) is 4.27. The van der Waals surface area contributed by atoms with Gasteiger partial charge in [-0.25, -0.2) is 9.59 Å². The Morgan fingerprint density at radius 3 is 1.72 bits per heavy atom. The van der Waals surface area contributed by atoms with Crippen molar-refractivity contribution >= 4 is 49.1 Å². The van der Waals surface area contributed by atoms with Gasteiger partial charge in [0.2, 0.25) is 0 Å². The second kappa shape index (κ2) is 21.8. The van der Waals surface area contributed by atoms with E-state index in [4.69, 9.17) is 42.5 Å². The lowest BCUT2D eigenvalue weighted by Crippen LogP contribution is -2.55. The first-order valence-corrected chi connectivity index (χ1v) is 14.0. The van der Waals surface area contributed by atoms with Crippen LogP contribution in [0.3, 0.4) is 0 Å². The third-order valence-electron chi connectivity index (χ3n) is 4.42. The highest BCUT2D eigenvalue weighted by Gasteiger charge is 2.35. The quantitative estimate of drug-likeness (QED) is 0.0388. The van der Waals surface area contributed by atoms with Crippen LogP contribution in [0.1, 0.15) is 20.8 Å². The minimum Gasteiger partial charge on any atom is -0.394 e. The summed E-state index contributed by atoms with van der Waals surface area (Å²) in [6.45, 7) is 4.01. The molecule has 0 bridgehead atoms. The van der Waals surface area contributed by atoms with Crippen molar-refractivity contribution in [1.29, 1.82) is 0 Å². The molecule has 0 rings (SSSR count). The zero-order valence-corrected chi connectivity index (χ0v) is 23.9. The number of nitrogens with one attached hydrogen (secondary N) is 2. The maximum absolute atomic E-state index is 12.3. The van der Waals surface area contributed by atoms with E-state index in [1.165, 1.54) is 6.92 Å². The van der Waals surface area contributed by atoms with E-state index in [1.54, 1.807) is 13.8 Å². The molecule has 0 saturated carbocycles. The van der Waals surface area contributed by atoms with Crippen LogP contribution in [0.15, 0.2) is 10.6 Å². The van der Waals surface area contributed by atoms with Gasteiger partial charge in [-0.05, 0) is 20.8 Å². The minimum absolute atomic E-state index is 0.0445. The number of aldehydes is 1. The highest BCUT2D eigenvalue weighted by molar-refractivity contribution is 7.54. The van der Waals surface area contributed by atoms with Gasteiger partial charge in [-0.15, -0.1) is 33.0 Å². The summed E-state index contributed by atoms with van der Waals surface area (Å²) in [5.74, 6) is -0.930. The standard InChI is InChI=1S/C9H16ClN3O7.C9H19ClN3O5P/c10-1-2-13(12-20)9(19)11-5(3-14)7(17)8(18)6(16)4-15;1-4-17-19(16,18-5-2)8(3)11-9(14)13(12-15)7-6-10/h3,5-8,15-18H,1-2,4H2,(H,11,19);8H,4-7H2,1-3H3,(H,11,14)/t5-,6+,7+,8+;/m0./s1. The first kappa shape index (κ1) is 39.1. The molecule has 0 aromatic rings. The van der Waals surface area contributed by atoms with Crippen molar-refractivity contribution in [2.24, 2.45) is 10.6 Å². The molecule has 0 heterocycles. The molecule has 0 spiro atoms. The zero-order chi connectivity index (χ0) is 30.6. The number of carbonyl (C=O) groups excluding carboxylic acids is 3. The normalized spacial score (nSPS) is 14.8. The Kier molecular flexibility index (Phi) is 21.8. The smallest absolute Gasteiger partial charge is 0.352 e. The van der Waals surface area contributed by atoms with Crippen molar-refractivity contribution in [3.63, 3.8) is 0 Å². The van der Waals surface area contributed by atoms with Crippen molar-refractivity contribution in [3.8, 4) is 0 Å². The topological polar surface area (TPSA) is 257 Å². The number of carbonyl (C=O) groups is 3. The summed E-state index contributed by atoms with van der Waals surface area (Å²) >= 11 is 10.7. The van der Waals surface area contributed by atoms with Crippen LogP contribution < -0.4 is 10.6 Å². The largest absolute Gasteiger partial charge is 0.394 e. The van der Waals surface area contributed by atoms with Gasteiger partial charge in [0.05, 0.1) is 43.5 Å². The Bertz CT molecular complexity index is 794. The van der Waals surface area contributed by atoms with Crippen LogP contribution in [0.4, 0.5) is 9.59 Å². The minimum atomic E-state index is -3.47. The van der Waals surface area contributed by atoms with E-state index in [1.807, 2.05) is 5.32 Å². The van der Waals surface area contributed by atoms with E-state index in [0.29, 0.717) is 10.0 Å². The van der Waals surface area contributed by atoms with Crippen LogP contribution in [0, 0.1) is 9.81 Å². The summed E-state index contributed by atoms with van der Waals surface area (Å²) in [6.07, 6.45) is -5.36. The SMILES string of the molecule is CCOP(=O)(OCC)C(C)NC(=O)N(CCCl)N=O.O=C[C@H](NC(=O)N(CCCl)N=O)[C@@H](O)[C@H](O)[C@H](O)CO. The molecule has 39 heavy (non-hydrogen) atoms. The van der Waals surface area contributed by atoms with Gasteiger partial charge in [0.25, 0.3) is 0 Å². The predicted molar refractivity (Wildman–Crippen MR) is 139 cm³/mol. The number of rotatable bonds is 18. The number of nitroso groups, excluding NO2 is 2. The number of aliphatic hydroxyl groups excluding tert-OH is 4. The molecular weight excluding hydrogens is 594 g/mol. The van der Waals surface area contributed by atoms with Crippen molar-refractivity contribution in [2.75, 3.05) is 44.7 Å². The molecule has 0 aliphatic rings. The summed E-state index contributed by atoms with van der Waals surface area (Å²) in [5.41, 5.74) is 0. The van der Waals surface area contributed by atoms with E-state index in [2.05, 4.69) is 15.9 Å². The van der Waals surface area contributed by atoms with Gasteiger partial charge in [-0.1, -0.05) is 0 Å². The molecule has 228 valence electrons. The predicted octanol–water partition coefficient (Wildman–Crippen LogP) is 0.0910. The van der Waals surface area contributed by atoms with Gasteiger partial charge in [-0.3, -0.25) is 4.57 Å². The monoisotopic (exact) mass is 628 g/mol. The molecule has 4 amide bonds. The third-order valence-corrected chi connectivity index (χ3v) is 7.07.